The van der Waals surface area contributed by atoms with E-state index in [1.807, 2.05) is 23.1 Å². The molecule has 1 aromatic heterocycles. The number of thioether (sulfide) groups is 2. The molecular weight excluding hydrogens is 192 g/mol. The van der Waals surface area contributed by atoms with Crippen LogP contribution in [0.3, 0.4) is 0 Å². The Morgan fingerprint density at radius 2 is 2.27 bits per heavy atom. The lowest BCUT2D eigenvalue weighted by atomic mass is 10.4. The van der Waals surface area contributed by atoms with E-state index in [9.17, 15) is 0 Å². The zero-order valence-electron chi connectivity index (χ0n) is 6.21. The fourth-order valence-corrected chi connectivity index (χ4v) is 4.52. The summed E-state index contributed by atoms with van der Waals surface area (Å²) in [6.07, 6.45) is 1.37. The van der Waals surface area contributed by atoms with Crippen LogP contribution < -0.4 is 0 Å². The lowest BCUT2D eigenvalue weighted by molar-refractivity contribution is 1.11. The van der Waals surface area contributed by atoms with Crippen LogP contribution in [0.5, 0.6) is 0 Å². The third-order valence-corrected chi connectivity index (χ3v) is 5.13. The average molecular weight is 202 g/mol. The molecule has 0 spiro atoms. The van der Waals surface area contributed by atoms with Gasteiger partial charge in [0.05, 0.1) is 4.21 Å². The Morgan fingerprint density at radius 1 is 1.27 bits per heavy atom. The van der Waals surface area contributed by atoms with Crippen molar-refractivity contribution in [1.82, 2.24) is 0 Å². The van der Waals surface area contributed by atoms with Crippen LogP contribution in [0.15, 0.2) is 15.7 Å². The molecule has 11 heavy (non-hydrogen) atoms. The molecule has 0 radical (unpaired) electrons. The van der Waals surface area contributed by atoms with Gasteiger partial charge in [-0.1, -0.05) is 0 Å². The fraction of sp³-hybridized carbons (Fsp3) is 0.500. The van der Waals surface area contributed by atoms with Gasteiger partial charge in [0.2, 0.25) is 0 Å². The second-order valence-corrected chi connectivity index (χ2v) is 5.87. The standard InChI is InChI=1S/C8H10S3/c1-3-9-6-7-2-5-11-8(7)10-4-1/h2,5H,1,3-4,6H2. The molecule has 2 heterocycles. The minimum Gasteiger partial charge on any atom is -0.157 e. The maximum absolute atomic E-state index is 2.27. The quantitative estimate of drug-likeness (QED) is 0.632. The second kappa shape index (κ2) is 3.87. The Balaban J connectivity index is 2.18. The topological polar surface area (TPSA) is 0 Å². The second-order valence-electron chi connectivity index (χ2n) is 2.49. The highest BCUT2D eigenvalue weighted by molar-refractivity contribution is 8.01. The Bertz CT molecular complexity index is 206. The molecule has 0 aliphatic carbocycles. The van der Waals surface area contributed by atoms with E-state index in [-0.39, 0.29) is 0 Å². The van der Waals surface area contributed by atoms with Crippen LogP contribution in [-0.2, 0) is 5.75 Å². The van der Waals surface area contributed by atoms with Crippen LogP contribution in [-0.4, -0.2) is 11.5 Å². The van der Waals surface area contributed by atoms with E-state index in [0.717, 1.165) is 0 Å². The maximum Gasteiger partial charge on any atom is 0.0639 e. The molecule has 2 rings (SSSR count). The molecule has 0 aromatic carbocycles. The summed E-state index contributed by atoms with van der Waals surface area (Å²) in [4.78, 5) is 0. The normalized spacial score (nSPS) is 18.5. The van der Waals surface area contributed by atoms with Gasteiger partial charge in [0.25, 0.3) is 0 Å². The summed E-state index contributed by atoms with van der Waals surface area (Å²) in [5.41, 5.74) is 1.56. The highest BCUT2D eigenvalue weighted by Gasteiger charge is 2.07. The zero-order chi connectivity index (χ0) is 7.52. The summed E-state index contributed by atoms with van der Waals surface area (Å²) < 4.78 is 1.55. The van der Waals surface area contributed by atoms with E-state index < -0.39 is 0 Å². The number of fused-ring (bicyclic) bond motifs is 1. The van der Waals surface area contributed by atoms with Crippen molar-refractivity contribution in [2.45, 2.75) is 16.4 Å². The molecule has 0 bridgehead atoms. The summed E-state index contributed by atoms with van der Waals surface area (Å²) >= 11 is 6.00. The molecule has 0 amide bonds. The summed E-state index contributed by atoms with van der Waals surface area (Å²) in [7, 11) is 0. The summed E-state index contributed by atoms with van der Waals surface area (Å²) in [5.74, 6) is 3.87. The van der Waals surface area contributed by atoms with E-state index in [4.69, 9.17) is 0 Å². The number of rotatable bonds is 0. The number of thiophene rings is 1. The average Bonchev–Trinajstić information content (AvgIpc) is 2.35. The Labute approximate surface area is 79.8 Å². The van der Waals surface area contributed by atoms with E-state index in [2.05, 4.69) is 23.2 Å². The van der Waals surface area contributed by atoms with Crippen molar-refractivity contribution in [2.75, 3.05) is 11.5 Å². The first-order chi connectivity index (χ1) is 5.47. The van der Waals surface area contributed by atoms with Crippen LogP contribution in [0.1, 0.15) is 12.0 Å². The molecule has 0 saturated carbocycles. The van der Waals surface area contributed by atoms with Gasteiger partial charge in [-0.3, -0.25) is 0 Å². The predicted octanol–water partition coefficient (Wildman–Crippen LogP) is 3.48. The summed E-state index contributed by atoms with van der Waals surface area (Å²) in [6.45, 7) is 0. The first kappa shape index (κ1) is 8.02. The van der Waals surface area contributed by atoms with Crippen molar-refractivity contribution in [3.8, 4) is 0 Å². The summed E-state index contributed by atoms with van der Waals surface area (Å²) in [6, 6.07) is 2.27. The highest BCUT2D eigenvalue weighted by Crippen LogP contribution is 2.34. The Hall–Kier alpha value is 0.400. The van der Waals surface area contributed by atoms with E-state index in [1.54, 1.807) is 9.77 Å². The molecule has 60 valence electrons. The predicted molar refractivity (Wildman–Crippen MR) is 55.8 cm³/mol. The van der Waals surface area contributed by atoms with E-state index in [0.29, 0.717) is 0 Å². The van der Waals surface area contributed by atoms with Crippen LogP contribution in [0.25, 0.3) is 0 Å². The SMILES string of the molecule is c1cc2c(s1)SCCCSC2. The molecule has 3 heteroatoms. The monoisotopic (exact) mass is 202 g/mol. The largest absolute Gasteiger partial charge is 0.157 e. The van der Waals surface area contributed by atoms with Gasteiger partial charge in [0, 0.05) is 5.75 Å². The van der Waals surface area contributed by atoms with Gasteiger partial charge in [-0.05, 0) is 34.9 Å². The Morgan fingerprint density at radius 3 is 3.27 bits per heavy atom. The van der Waals surface area contributed by atoms with Crippen molar-refractivity contribution >= 4 is 34.9 Å². The molecule has 0 nitrogen and oxygen atoms in total. The van der Waals surface area contributed by atoms with Gasteiger partial charge in [-0.15, -0.1) is 23.1 Å². The van der Waals surface area contributed by atoms with Gasteiger partial charge >= 0.3 is 0 Å². The molecule has 1 aliphatic heterocycles. The smallest absolute Gasteiger partial charge is 0.0639 e. The van der Waals surface area contributed by atoms with Crippen molar-refractivity contribution in [1.29, 1.82) is 0 Å². The molecule has 0 saturated heterocycles. The first-order valence-electron chi connectivity index (χ1n) is 3.74. The molecule has 0 N–H and O–H groups in total. The van der Waals surface area contributed by atoms with Crippen molar-refractivity contribution < 1.29 is 0 Å². The summed E-state index contributed by atoms with van der Waals surface area (Å²) in [5, 5.41) is 2.21. The highest BCUT2D eigenvalue weighted by atomic mass is 32.2. The van der Waals surface area contributed by atoms with Crippen molar-refractivity contribution in [2.24, 2.45) is 0 Å². The molecule has 0 unspecified atom stereocenters. The van der Waals surface area contributed by atoms with Gasteiger partial charge in [-0.2, -0.15) is 11.8 Å². The lowest BCUT2D eigenvalue weighted by Gasteiger charge is -2.07. The third-order valence-electron chi connectivity index (χ3n) is 1.63. The Kier molecular flexibility index (Phi) is 2.82. The molecule has 0 fully saturated rings. The lowest BCUT2D eigenvalue weighted by Crippen LogP contribution is -1.90. The zero-order valence-corrected chi connectivity index (χ0v) is 8.66. The van der Waals surface area contributed by atoms with Gasteiger partial charge in [-0.25, -0.2) is 0 Å². The van der Waals surface area contributed by atoms with Crippen molar-refractivity contribution in [3.05, 3.63) is 17.0 Å². The first-order valence-corrected chi connectivity index (χ1v) is 6.76. The molecule has 1 aromatic rings. The number of hydrogen-bond acceptors (Lipinski definition) is 3. The van der Waals surface area contributed by atoms with E-state index in [1.165, 1.54) is 23.7 Å². The van der Waals surface area contributed by atoms with Crippen LogP contribution >= 0.6 is 34.9 Å². The van der Waals surface area contributed by atoms with Crippen LogP contribution in [0.4, 0.5) is 0 Å². The minimum atomic E-state index is 1.23. The maximum atomic E-state index is 2.27. The minimum absolute atomic E-state index is 1.23. The molecule has 0 atom stereocenters. The van der Waals surface area contributed by atoms with Gasteiger partial charge in [0.1, 0.15) is 0 Å². The molecular formula is C8H10S3. The molecule has 1 aliphatic rings. The fourth-order valence-electron chi connectivity index (χ4n) is 1.06. The van der Waals surface area contributed by atoms with E-state index >= 15 is 0 Å². The van der Waals surface area contributed by atoms with Crippen LogP contribution in [0, 0.1) is 0 Å². The van der Waals surface area contributed by atoms with Crippen molar-refractivity contribution in [3.63, 3.8) is 0 Å². The van der Waals surface area contributed by atoms with Gasteiger partial charge in [0.15, 0.2) is 0 Å². The van der Waals surface area contributed by atoms with Gasteiger partial charge < -0.3 is 0 Å². The van der Waals surface area contributed by atoms with Crippen LogP contribution in [0.2, 0.25) is 0 Å². The number of hydrogen-bond donors (Lipinski definition) is 0. The third kappa shape index (κ3) is 1.95.